The Morgan fingerprint density at radius 1 is 1.45 bits per heavy atom. The Kier molecular flexibility index (Phi) is 5.21. The molecule has 0 aliphatic carbocycles. The first-order valence-electron chi connectivity index (χ1n) is 7.69. The minimum absolute atomic E-state index is 0.0290. The molecular formula is C18H26ClNO2. The number of hydrogen-bond acceptors (Lipinski definition) is 3. The van der Waals surface area contributed by atoms with Crippen LogP contribution in [0, 0.1) is 6.92 Å². The van der Waals surface area contributed by atoms with Crippen molar-refractivity contribution < 1.29 is 9.84 Å². The molecule has 1 aliphatic heterocycles. The van der Waals surface area contributed by atoms with E-state index in [0.29, 0.717) is 13.2 Å². The van der Waals surface area contributed by atoms with Crippen molar-refractivity contribution >= 4 is 11.6 Å². The van der Waals surface area contributed by atoms with E-state index < -0.39 is 0 Å². The lowest BCUT2D eigenvalue weighted by atomic mass is 9.85. The van der Waals surface area contributed by atoms with Gasteiger partial charge in [0.15, 0.2) is 0 Å². The number of aliphatic hydroxyl groups is 1. The van der Waals surface area contributed by atoms with Crippen molar-refractivity contribution in [3.8, 4) is 0 Å². The molecule has 1 atom stereocenters. The number of aryl methyl sites for hydroxylation is 1. The molecule has 0 aromatic heterocycles. The number of ether oxygens (including phenoxy) is 1. The highest BCUT2D eigenvalue weighted by molar-refractivity contribution is 6.31. The molecule has 22 heavy (non-hydrogen) atoms. The molecule has 1 aliphatic rings. The smallest absolute Gasteiger partial charge is 0.105 e. The second-order valence-electron chi connectivity index (χ2n) is 7.06. The molecule has 0 spiro atoms. The van der Waals surface area contributed by atoms with Gasteiger partial charge in [0.2, 0.25) is 0 Å². The molecule has 1 fully saturated rings. The maximum Gasteiger partial charge on any atom is 0.105 e. The summed E-state index contributed by atoms with van der Waals surface area (Å²) >= 11 is 6.49. The summed E-state index contributed by atoms with van der Waals surface area (Å²) in [5.41, 5.74) is 3.61. The Labute approximate surface area is 138 Å². The van der Waals surface area contributed by atoms with Gasteiger partial charge in [-0.3, -0.25) is 4.90 Å². The monoisotopic (exact) mass is 323 g/mol. The summed E-state index contributed by atoms with van der Waals surface area (Å²) in [7, 11) is 0. The number of aliphatic hydroxyl groups excluding tert-OH is 1. The molecule has 1 aromatic carbocycles. The van der Waals surface area contributed by atoms with Gasteiger partial charge < -0.3 is 9.84 Å². The number of nitrogens with zero attached hydrogens (tertiary/aromatic N) is 1. The van der Waals surface area contributed by atoms with Gasteiger partial charge in [0.1, 0.15) is 5.76 Å². The predicted molar refractivity (Wildman–Crippen MR) is 91.7 cm³/mol. The molecule has 3 nitrogen and oxygen atoms in total. The van der Waals surface area contributed by atoms with Crippen molar-refractivity contribution in [2.24, 2.45) is 0 Å². The van der Waals surface area contributed by atoms with E-state index in [1.54, 1.807) is 0 Å². The lowest BCUT2D eigenvalue weighted by Crippen LogP contribution is -2.45. The summed E-state index contributed by atoms with van der Waals surface area (Å²) in [4.78, 5) is 2.20. The van der Waals surface area contributed by atoms with Crippen LogP contribution in [0.1, 0.15) is 37.5 Å². The van der Waals surface area contributed by atoms with Gasteiger partial charge in [-0.2, -0.15) is 0 Å². The minimum Gasteiger partial charge on any atom is -0.511 e. The van der Waals surface area contributed by atoms with Crippen molar-refractivity contribution in [1.29, 1.82) is 0 Å². The molecule has 2 rings (SSSR count). The number of morpholine rings is 1. The third-order valence-corrected chi connectivity index (χ3v) is 4.54. The molecule has 0 radical (unpaired) electrons. The average molecular weight is 324 g/mol. The molecule has 1 saturated heterocycles. The molecule has 0 saturated carbocycles. The van der Waals surface area contributed by atoms with Crippen LogP contribution in [-0.2, 0) is 16.7 Å². The van der Waals surface area contributed by atoms with Gasteiger partial charge in [-0.1, -0.05) is 45.0 Å². The van der Waals surface area contributed by atoms with Crippen LogP contribution in [0.2, 0.25) is 5.02 Å². The normalized spacial score (nSPS) is 20.1. The van der Waals surface area contributed by atoms with Gasteiger partial charge in [0, 0.05) is 18.1 Å². The zero-order chi connectivity index (χ0) is 16.5. The molecule has 1 heterocycles. The maximum absolute atomic E-state index is 9.76. The fourth-order valence-corrected chi connectivity index (χ4v) is 3.29. The first-order chi connectivity index (χ1) is 10.2. The van der Waals surface area contributed by atoms with E-state index >= 15 is 0 Å². The molecule has 1 aromatic rings. The Hall–Kier alpha value is -1.03. The van der Waals surface area contributed by atoms with E-state index in [1.807, 2.05) is 0 Å². The maximum atomic E-state index is 9.76. The molecule has 122 valence electrons. The summed E-state index contributed by atoms with van der Waals surface area (Å²) in [5, 5.41) is 10.6. The summed E-state index contributed by atoms with van der Waals surface area (Å²) in [5.74, 6) is 0.162. The SMILES string of the molecule is C=C(O)[C@@H]1COCCN1Cc1cc(Cl)c(C(C)(C)C)cc1C. The van der Waals surface area contributed by atoms with Crippen LogP contribution in [-0.4, -0.2) is 35.8 Å². The van der Waals surface area contributed by atoms with Crippen LogP contribution >= 0.6 is 11.6 Å². The molecule has 0 amide bonds. The van der Waals surface area contributed by atoms with E-state index in [9.17, 15) is 5.11 Å². The molecule has 4 heteroatoms. The van der Waals surface area contributed by atoms with Gasteiger partial charge in [-0.25, -0.2) is 0 Å². The lowest BCUT2D eigenvalue weighted by Gasteiger charge is -2.35. The van der Waals surface area contributed by atoms with Crippen molar-refractivity contribution in [3.05, 3.63) is 46.2 Å². The van der Waals surface area contributed by atoms with Crippen molar-refractivity contribution in [2.75, 3.05) is 19.8 Å². The van der Waals surface area contributed by atoms with Crippen molar-refractivity contribution in [3.63, 3.8) is 0 Å². The van der Waals surface area contributed by atoms with Crippen LogP contribution < -0.4 is 0 Å². The minimum atomic E-state index is -0.144. The Morgan fingerprint density at radius 3 is 2.73 bits per heavy atom. The predicted octanol–water partition coefficient (Wildman–Crippen LogP) is 4.22. The number of rotatable bonds is 3. The fraction of sp³-hybridized carbons (Fsp3) is 0.556. The number of halogens is 1. The first-order valence-corrected chi connectivity index (χ1v) is 8.07. The number of hydrogen-bond donors (Lipinski definition) is 1. The Bertz CT molecular complexity index is 563. The van der Waals surface area contributed by atoms with E-state index in [0.717, 1.165) is 18.1 Å². The second-order valence-corrected chi connectivity index (χ2v) is 7.47. The van der Waals surface area contributed by atoms with Crippen molar-refractivity contribution in [1.82, 2.24) is 4.90 Å². The van der Waals surface area contributed by atoms with Crippen LogP contribution in [0.5, 0.6) is 0 Å². The number of benzene rings is 1. The van der Waals surface area contributed by atoms with Gasteiger partial charge in [0.25, 0.3) is 0 Å². The molecular weight excluding hydrogens is 298 g/mol. The highest BCUT2D eigenvalue weighted by Gasteiger charge is 2.26. The quantitative estimate of drug-likeness (QED) is 0.845. The Morgan fingerprint density at radius 2 is 2.14 bits per heavy atom. The summed E-state index contributed by atoms with van der Waals surface area (Å²) in [6.45, 7) is 15.0. The third kappa shape index (κ3) is 3.83. The van der Waals surface area contributed by atoms with E-state index in [1.165, 1.54) is 16.7 Å². The third-order valence-electron chi connectivity index (χ3n) is 4.23. The van der Waals surface area contributed by atoms with Crippen LogP contribution in [0.15, 0.2) is 24.5 Å². The average Bonchev–Trinajstić information content (AvgIpc) is 2.41. The Balaban J connectivity index is 2.26. The molecule has 1 N–H and O–H groups in total. The van der Waals surface area contributed by atoms with Gasteiger partial charge >= 0.3 is 0 Å². The standard InChI is InChI=1S/C18H26ClNO2/c1-12-8-15(18(3,4)5)16(19)9-14(12)10-20-6-7-22-11-17(20)13(2)21/h8-9,17,21H,2,6-7,10-11H2,1,3-5H3/t17-/m0/s1. The van der Waals surface area contributed by atoms with Crippen molar-refractivity contribution in [2.45, 2.75) is 45.7 Å². The van der Waals surface area contributed by atoms with E-state index in [4.69, 9.17) is 16.3 Å². The fourth-order valence-electron chi connectivity index (χ4n) is 2.82. The van der Waals surface area contributed by atoms with Gasteiger partial charge in [0.05, 0.1) is 19.3 Å². The van der Waals surface area contributed by atoms with Crippen LogP contribution in [0.25, 0.3) is 0 Å². The summed E-state index contributed by atoms with van der Waals surface area (Å²) in [6.07, 6.45) is 0. The summed E-state index contributed by atoms with van der Waals surface area (Å²) in [6, 6.07) is 4.10. The van der Waals surface area contributed by atoms with Crippen LogP contribution in [0.3, 0.4) is 0 Å². The van der Waals surface area contributed by atoms with E-state index in [-0.39, 0.29) is 17.2 Å². The topological polar surface area (TPSA) is 32.7 Å². The second kappa shape index (κ2) is 6.61. The highest BCUT2D eigenvalue weighted by atomic mass is 35.5. The molecule has 0 bridgehead atoms. The lowest BCUT2D eigenvalue weighted by molar-refractivity contribution is -0.0110. The first kappa shape index (κ1) is 17.3. The largest absolute Gasteiger partial charge is 0.511 e. The van der Waals surface area contributed by atoms with E-state index in [2.05, 4.69) is 51.3 Å². The van der Waals surface area contributed by atoms with Gasteiger partial charge in [-0.15, -0.1) is 0 Å². The zero-order valence-corrected chi connectivity index (χ0v) is 14.7. The zero-order valence-electron chi connectivity index (χ0n) is 13.9. The van der Waals surface area contributed by atoms with Gasteiger partial charge in [-0.05, 0) is 35.1 Å². The molecule has 0 unspecified atom stereocenters. The summed E-state index contributed by atoms with van der Waals surface area (Å²) < 4.78 is 5.44. The highest BCUT2D eigenvalue weighted by Crippen LogP contribution is 2.32. The van der Waals surface area contributed by atoms with Crippen LogP contribution in [0.4, 0.5) is 0 Å².